The van der Waals surface area contributed by atoms with Crippen LogP contribution in [0.3, 0.4) is 0 Å². The average Bonchev–Trinajstić information content (AvgIpc) is 3.10. The fourth-order valence-corrected chi connectivity index (χ4v) is 5.69. The van der Waals surface area contributed by atoms with Gasteiger partial charge in [0.1, 0.15) is 0 Å². The van der Waals surface area contributed by atoms with Crippen molar-refractivity contribution < 1.29 is 13.9 Å². The lowest BCUT2D eigenvalue weighted by Gasteiger charge is -2.52. The van der Waals surface area contributed by atoms with Crippen LogP contribution in [0, 0.1) is 23.7 Å². The molecule has 152 valence electrons. The zero-order chi connectivity index (χ0) is 19.9. The van der Waals surface area contributed by atoms with Crippen molar-refractivity contribution in [3.8, 4) is 11.5 Å². The van der Waals surface area contributed by atoms with Crippen molar-refractivity contribution in [2.75, 3.05) is 13.4 Å². The molecule has 0 N–H and O–H groups in total. The average molecular weight is 399 g/mol. The van der Waals surface area contributed by atoms with Crippen molar-refractivity contribution in [3.63, 3.8) is 0 Å². The Labute approximate surface area is 170 Å². The fraction of sp³-hybridized carbons (Fsp3) is 0.583. The van der Waals surface area contributed by atoms with E-state index in [2.05, 4.69) is 76.4 Å². The summed E-state index contributed by atoms with van der Waals surface area (Å²) in [5.41, 5.74) is 1.35. The minimum Gasteiger partial charge on any atom is -0.454 e. The Kier molecular flexibility index (Phi) is 5.21. The Balaban J connectivity index is 1.42. The molecule has 0 amide bonds. The second-order valence-electron chi connectivity index (χ2n) is 10.0. The predicted molar refractivity (Wildman–Crippen MR) is 116 cm³/mol. The summed E-state index contributed by atoms with van der Waals surface area (Å²) in [5, 5.41) is 0.272. The van der Waals surface area contributed by atoms with Gasteiger partial charge in [-0.25, -0.2) is 0 Å². The molecule has 1 fully saturated rings. The van der Waals surface area contributed by atoms with Gasteiger partial charge in [-0.2, -0.15) is 0 Å². The topological polar surface area (TPSA) is 27.7 Å². The summed E-state index contributed by atoms with van der Waals surface area (Å²) in [6.45, 7) is 12.9. The van der Waals surface area contributed by atoms with Crippen LogP contribution in [-0.2, 0) is 10.8 Å². The summed E-state index contributed by atoms with van der Waals surface area (Å²) < 4.78 is 17.5. The Morgan fingerprint density at radius 1 is 1.00 bits per heavy atom. The zero-order valence-electron chi connectivity index (χ0n) is 17.9. The van der Waals surface area contributed by atoms with Crippen molar-refractivity contribution in [1.82, 2.24) is 0 Å². The number of ether oxygens (including phenoxy) is 2. The van der Waals surface area contributed by atoms with Crippen molar-refractivity contribution in [2.24, 2.45) is 23.7 Å². The molecule has 1 heterocycles. The van der Waals surface area contributed by atoms with Crippen LogP contribution in [-0.4, -0.2) is 21.7 Å². The molecule has 0 saturated heterocycles. The molecule has 0 spiro atoms. The van der Waals surface area contributed by atoms with Gasteiger partial charge in [-0.05, 0) is 72.3 Å². The summed E-state index contributed by atoms with van der Waals surface area (Å²) >= 11 is 0. The monoisotopic (exact) mass is 398 g/mol. The van der Waals surface area contributed by atoms with Gasteiger partial charge in [-0.3, -0.25) is 0 Å². The number of allylic oxidation sites excluding steroid dienone is 4. The van der Waals surface area contributed by atoms with Crippen LogP contribution in [0.5, 0.6) is 11.5 Å². The summed E-state index contributed by atoms with van der Waals surface area (Å²) in [4.78, 5) is 0. The quantitative estimate of drug-likeness (QED) is 0.552. The van der Waals surface area contributed by atoms with Crippen LogP contribution in [0.2, 0.25) is 18.1 Å². The molecule has 0 unspecified atom stereocenters. The highest BCUT2D eigenvalue weighted by molar-refractivity contribution is 6.74. The number of benzene rings is 1. The predicted octanol–water partition coefficient (Wildman–Crippen LogP) is 5.97. The Bertz CT molecular complexity index is 775. The molecule has 2 aliphatic carbocycles. The molecule has 4 atom stereocenters. The molecule has 3 aliphatic rings. The number of fused-ring (bicyclic) bond motifs is 2. The third-order valence-corrected chi connectivity index (χ3v) is 11.9. The summed E-state index contributed by atoms with van der Waals surface area (Å²) in [6.07, 6.45) is 11.5. The van der Waals surface area contributed by atoms with E-state index in [1.165, 1.54) is 5.56 Å². The van der Waals surface area contributed by atoms with Crippen LogP contribution in [0.4, 0.5) is 0 Å². The second kappa shape index (κ2) is 7.38. The highest BCUT2D eigenvalue weighted by Crippen LogP contribution is 2.52. The zero-order valence-corrected chi connectivity index (χ0v) is 18.9. The van der Waals surface area contributed by atoms with E-state index in [0.29, 0.717) is 30.5 Å². The standard InChI is InChI=1S/C24H34O3Si/c1-24(2,3)28(4,5)27-13-12-20-18-8-6-7-9-19(18)21(20)14-17-10-11-22-23(15-17)26-16-25-22/h6-11,15,18-21H,12-14,16H2,1-5H3/t18-,19+,20-,21-/m0/s1. The van der Waals surface area contributed by atoms with E-state index < -0.39 is 8.32 Å². The largest absolute Gasteiger partial charge is 0.454 e. The van der Waals surface area contributed by atoms with Crippen LogP contribution in [0.1, 0.15) is 32.8 Å². The van der Waals surface area contributed by atoms with Crippen LogP contribution < -0.4 is 9.47 Å². The maximum absolute atomic E-state index is 6.50. The number of hydrogen-bond acceptors (Lipinski definition) is 3. The minimum atomic E-state index is -1.67. The first-order valence-corrected chi connectivity index (χ1v) is 13.5. The molecule has 1 aliphatic heterocycles. The van der Waals surface area contributed by atoms with Crippen LogP contribution in [0.15, 0.2) is 42.5 Å². The minimum absolute atomic E-state index is 0.272. The lowest BCUT2D eigenvalue weighted by atomic mass is 9.53. The molecule has 28 heavy (non-hydrogen) atoms. The van der Waals surface area contributed by atoms with Gasteiger partial charge in [-0.15, -0.1) is 0 Å². The molecular formula is C24H34O3Si. The van der Waals surface area contributed by atoms with Gasteiger partial charge < -0.3 is 13.9 Å². The lowest BCUT2D eigenvalue weighted by molar-refractivity contribution is 0.0232. The maximum Gasteiger partial charge on any atom is 0.231 e. The molecular weight excluding hydrogens is 364 g/mol. The SMILES string of the molecule is CC(C)(C)[Si](C)(C)OCC[C@H]1[C@H]2C=CC=C[C@H]2[C@@H]1Cc1ccc2c(c1)OCO2. The van der Waals surface area contributed by atoms with E-state index in [-0.39, 0.29) is 5.04 Å². The molecule has 0 aromatic heterocycles. The third-order valence-electron chi connectivity index (χ3n) is 7.39. The molecule has 1 aromatic rings. The van der Waals surface area contributed by atoms with Gasteiger partial charge in [-0.1, -0.05) is 51.1 Å². The van der Waals surface area contributed by atoms with Crippen LogP contribution >= 0.6 is 0 Å². The molecule has 1 aromatic carbocycles. The van der Waals surface area contributed by atoms with Crippen molar-refractivity contribution in [2.45, 2.75) is 51.7 Å². The Hall–Kier alpha value is -1.52. The van der Waals surface area contributed by atoms with E-state index in [9.17, 15) is 0 Å². The summed E-state index contributed by atoms with van der Waals surface area (Å²) in [7, 11) is -1.67. The summed E-state index contributed by atoms with van der Waals surface area (Å²) in [5.74, 6) is 4.47. The lowest BCUT2D eigenvalue weighted by Crippen LogP contribution is -2.48. The van der Waals surface area contributed by atoms with Gasteiger partial charge in [0.15, 0.2) is 19.8 Å². The van der Waals surface area contributed by atoms with Crippen molar-refractivity contribution >= 4 is 8.32 Å². The fourth-order valence-electron chi connectivity index (χ4n) is 4.62. The van der Waals surface area contributed by atoms with Crippen molar-refractivity contribution in [1.29, 1.82) is 0 Å². The number of rotatable bonds is 6. The van der Waals surface area contributed by atoms with Crippen LogP contribution in [0.25, 0.3) is 0 Å². The van der Waals surface area contributed by atoms with Gasteiger partial charge in [0.25, 0.3) is 0 Å². The van der Waals surface area contributed by atoms with E-state index in [0.717, 1.165) is 30.9 Å². The third kappa shape index (κ3) is 3.69. The Morgan fingerprint density at radius 2 is 1.68 bits per heavy atom. The van der Waals surface area contributed by atoms with Gasteiger partial charge in [0, 0.05) is 6.61 Å². The first-order valence-electron chi connectivity index (χ1n) is 10.6. The van der Waals surface area contributed by atoms with Crippen molar-refractivity contribution in [3.05, 3.63) is 48.1 Å². The molecule has 3 nitrogen and oxygen atoms in total. The van der Waals surface area contributed by atoms with Gasteiger partial charge in [0.05, 0.1) is 0 Å². The van der Waals surface area contributed by atoms with Gasteiger partial charge >= 0.3 is 0 Å². The molecule has 4 heteroatoms. The van der Waals surface area contributed by atoms with E-state index in [4.69, 9.17) is 13.9 Å². The van der Waals surface area contributed by atoms with E-state index in [1.807, 2.05) is 0 Å². The molecule has 1 saturated carbocycles. The highest BCUT2D eigenvalue weighted by atomic mass is 28.4. The first kappa shape index (κ1) is 19.8. The number of hydrogen-bond donors (Lipinski definition) is 0. The molecule has 0 bridgehead atoms. The highest BCUT2D eigenvalue weighted by Gasteiger charge is 2.48. The second-order valence-corrected chi connectivity index (χ2v) is 14.9. The molecule has 0 radical (unpaired) electrons. The Morgan fingerprint density at radius 3 is 2.39 bits per heavy atom. The van der Waals surface area contributed by atoms with E-state index in [1.54, 1.807) is 0 Å². The smallest absolute Gasteiger partial charge is 0.231 e. The normalized spacial score (nSPS) is 28.2. The van der Waals surface area contributed by atoms with Gasteiger partial charge in [0.2, 0.25) is 6.79 Å². The summed E-state index contributed by atoms with van der Waals surface area (Å²) in [6, 6.07) is 6.42. The first-order chi connectivity index (χ1) is 13.3. The maximum atomic E-state index is 6.50. The van der Waals surface area contributed by atoms with E-state index >= 15 is 0 Å². The molecule has 4 rings (SSSR count).